The normalized spacial score (nSPS) is 22.9. The minimum Gasteiger partial charge on any atom is -0.378 e. The summed E-state index contributed by atoms with van der Waals surface area (Å²) in [7, 11) is -3.90. The largest absolute Gasteiger partial charge is 0.378 e. The van der Waals surface area contributed by atoms with Crippen molar-refractivity contribution in [2.75, 3.05) is 85.3 Å². The van der Waals surface area contributed by atoms with Gasteiger partial charge in [-0.05, 0) is 50.6 Å². The number of morpholine rings is 1. The van der Waals surface area contributed by atoms with Crippen LogP contribution in [0.25, 0.3) is 0 Å². The molecule has 3 aliphatic heterocycles. The van der Waals surface area contributed by atoms with E-state index in [0.29, 0.717) is 23.7 Å². The van der Waals surface area contributed by atoms with Gasteiger partial charge in [0, 0.05) is 50.8 Å². The van der Waals surface area contributed by atoms with Crippen LogP contribution in [0.4, 0.5) is 0 Å². The summed E-state index contributed by atoms with van der Waals surface area (Å²) in [5.74, 6) is -0.0709. The van der Waals surface area contributed by atoms with Crippen LogP contribution in [0.15, 0.2) is 17.0 Å². The van der Waals surface area contributed by atoms with Crippen LogP contribution in [0.5, 0.6) is 0 Å². The highest BCUT2D eigenvalue weighted by Gasteiger charge is 2.36. The predicted molar refractivity (Wildman–Crippen MR) is 144 cm³/mol. The molecule has 1 aromatic carbocycles. The van der Waals surface area contributed by atoms with E-state index in [1.165, 1.54) is 42.7 Å². The number of hydrogen-bond donors (Lipinski definition) is 0. The molecule has 208 valence electrons. The van der Waals surface area contributed by atoms with Gasteiger partial charge in [0.05, 0.1) is 30.9 Å². The number of carbonyl (C=O) groups is 1. The molecule has 1 aromatic rings. The average molecular weight is 578 g/mol. The molecule has 1 amide bonds. The predicted octanol–water partition coefficient (Wildman–Crippen LogP) is 2.34. The van der Waals surface area contributed by atoms with Gasteiger partial charge < -0.3 is 19.3 Å². The summed E-state index contributed by atoms with van der Waals surface area (Å²) in [6.45, 7) is 9.94. The summed E-state index contributed by atoms with van der Waals surface area (Å²) in [6, 6.07) is 2.46. The lowest BCUT2D eigenvalue weighted by atomic mass is 10.1. The van der Waals surface area contributed by atoms with Crippen molar-refractivity contribution in [2.24, 2.45) is 0 Å². The highest BCUT2D eigenvalue weighted by molar-refractivity contribution is 7.89. The summed E-state index contributed by atoms with van der Waals surface area (Å²) in [5.41, 5.74) is 0.480. The number of benzene rings is 1. The molecule has 3 aliphatic rings. The van der Waals surface area contributed by atoms with E-state index < -0.39 is 16.1 Å². The lowest BCUT2D eigenvalue weighted by Crippen LogP contribution is -2.52. The van der Waals surface area contributed by atoms with E-state index in [9.17, 15) is 13.2 Å². The maximum Gasteiger partial charge on any atom is 0.248 e. The van der Waals surface area contributed by atoms with Gasteiger partial charge >= 0.3 is 0 Å². The molecule has 1 atom stereocenters. The van der Waals surface area contributed by atoms with Crippen LogP contribution in [0, 0.1) is 6.92 Å². The molecule has 9 nitrogen and oxygen atoms in total. The number of halogens is 2. The molecule has 0 aromatic heterocycles. The molecule has 37 heavy (non-hydrogen) atoms. The highest BCUT2D eigenvalue weighted by atomic mass is 35.5. The third-order valence-electron chi connectivity index (χ3n) is 7.38. The van der Waals surface area contributed by atoms with Crippen LogP contribution < -0.4 is 0 Å². The zero-order chi connectivity index (χ0) is 26.4. The fourth-order valence-corrected chi connectivity index (χ4v) is 8.00. The Balaban J connectivity index is 1.24. The van der Waals surface area contributed by atoms with Gasteiger partial charge in [-0.3, -0.25) is 9.69 Å². The molecule has 0 N–H and O–H groups in total. The summed E-state index contributed by atoms with van der Waals surface area (Å²) in [6.07, 6.45) is 3.94. The zero-order valence-electron chi connectivity index (χ0n) is 21.5. The smallest absolute Gasteiger partial charge is 0.248 e. The van der Waals surface area contributed by atoms with E-state index in [0.717, 1.165) is 26.2 Å². The Kier molecular flexibility index (Phi) is 10.5. The van der Waals surface area contributed by atoms with Gasteiger partial charge in [0.1, 0.15) is 11.5 Å². The van der Waals surface area contributed by atoms with Crippen LogP contribution in [-0.4, -0.2) is 125 Å². The number of likely N-dealkylation sites (tertiary alicyclic amines) is 1. The van der Waals surface area contributed by atoms with Crippen LogP contribution in [0.3, 0.4) is 0 Å². The number of nitrogens with zero attached hydrogens (tertiary/aromatic N) is 4. The fraction of sp³-hybridized carbons (Fsp3) is 0.720. The molecule has 4 rings (SSSR count). The molecule has 0 radical (unpaired) electrons. The maximum absolute atomic E-state index is 13.5. The number of ether oxygens (including phenoxy) is 2. The van der Waals surface area contributed by atoms with E-state index >= 15 is 0 Å². The molecule has 0 bridgehead atoms. The number of sulfonamides is 1. The van der Waals surface area contributed by atoms with E-state index in [2.05, 4.69) is 9.80 Å². The Morgan fingerprint density at radius 2 is 1.68 bits per heavy atom. The third-order valence-corrected chi connectivity index (χ3v) is 10.2. The molecule has 0 aliphatic carbocycles. The van der Waals surface area contributed by atoms with Crippen LogP contribution in [0.2, 0.25) is 10.0 Å². The van der Waals surface area contributed by atoms with Crippen molar-refractivity contribution >= 4 is 39.1 Å². The lowest BCUT2D eigenvalue weighted by Gasteiger charge is -2.37. The number of piperidine rings is 1. The second kappa shape index (κ2) is 13.4. The first kappa shape index (κ1) is 29.0. The highest BCUT2D eigenvalue weighted by Crippen LogP contribution is 2.32. The van der Waals surface area contributed by atoms with Gasteiger partial charge in [-0.2, -0.15) is 4.31 Å². The first-order valence-electron chi connectivity index (χ1n) is 13.1. The van der Waals surface area contributed by atoms with Crippen molar-refractivity contribution < 1.29 is 22.7 Å². The molecule has 12 heteroatoms. The Bertz CT molecular complexity index is 1010. The van der Waals surface area contributed by atoms with E-state index in [1.54, 1.807) is 13.0 Å². The maximum atomic E-state index is 13.5. The molecule has 3 heterocycles. The second-order valence-electron chi connectivity index (χ2n) is 10.0. The van der Waals surface area contributed by atoms with Crippen molar-refractivity contribution in [3.05, 3.63) is 27.7 Å². The van der Waals surface area contributed by atoms with Gasteiger partial charge in [0.15, 0.2) is 0 Å². The molecule has 0 saturated carbocycles. The van der Waals surface area contributed by atoms with Crippen molar-refractivity contribution in [3.8, 4) is 0 Å². The third kappa shape index (κ3) is 7.57. The number of piperazine rings is 1. The summed E-state index contributed by atoms with van der Waals surface area (Å²) >= 11 is 12.3. The number of amides is 1. The van der Waals surface area contributed by atoms with Gasteiger partial charge in [-0.1, -0.05) is 29.6 Å². The zero-order valence-corrected chi connectivity index (χ0v) is 23.9. The molecule has 0 spiro atoms. The summed E-state index contributed by atoms with van der Waals surface area (Å²) < 4.78 is 39.6. The molecule has 0 unspecified atom stereocenters. The van der Waals surface area contributed by atoms with Crippen LogP contribution in [0.1, 0.15) is 24.8 Å². The summed E-state index contributed by atoms with van der Waals surface area (Å²) in [5, 5.41) is 0.464. The fourth-order valence-electron chi connectivity index (χ4n) is 5.28. The average Bonchev–Trinajstić information content (AvgIpc) is 2.88. The first-order chi connectivity index (χ1) is 17.8. The molecular weight excluding hydrogens is 539 g/mol. The van der Waals surface area contributed by atoms with Gasteiger partial charge in [-0.25, -0.2) is 8.42 Å². The minimum atomic E-state index is -3.90. The van der Waals surface area contributed by atoms with Gasteiger partial charge in [0.2, 0.25) is 15.9 Å². The van der Waals surface area contributed by atoms with Crippen LogP contribution in [-0.2, 0) is 24.3 Å². The van der Waals surface area contributed by atoms with E-state index in [-0.39, 0.29) is 48.8 Å². The SMILES string of the molecule is Cc1cc(Cl)cc(Cl)c1S(=O)(=O)N1CCOC[C@H]1COCC(=O)N1CCN(CCN2CCCCC2)CC1. The Morgan fingerprint density at radius 1 is 1.00 bits per heavy atom. The van der Waals surface area contributed by atoms with E-state index in [4.69, 9.17) is 32.7 Å². The first-order valence-corrected chi connectivity index (χ1v) is 15.3. The Morgan fingerprint density at radius 3 is 2.35 bits per heavy atom. The minimum absolute atomic E-state index is 0.0414. The number of hydrogen-bond acceptors (Lipinski definition) is 7. The molecular formula is C25H38Cl2N4O5S. The number of rotatable bonds is 9. The molecule has 3 fully saturated rings. The van der Waals surface area contributed by atoms with Crippen LogP contribution >= 0.6 is 23.2 Å². The van der Waals surface area contributed by atoms with Crippen molar-refractivity contribution in [1.29, 1.82) is 0 Å². The number of carbonyl (C=O) groups excluding carboxylic acids is 1. The summed E-state index contributed by atoms with van der Waals surface area (Å²) in [4.78, 5) is 19.6. The standard InChI is InChI=1S/C25H38Cl2N4O5S/c1-20-15-21(26)16-23(27)25(20)37(33,34)31-13-14-35-17-22(31)18-36-19-24(32)30-11-9-29(10-12-30)8-7-28-5-3-2-4-6-28/h15-16,22H,2-14,17-19H2,1H3/t22-/m0/s1. The van der Waals surface area contributed by atoms with Crippen molar-refractivity contribution in [2.45, 2.75) is 37.1 Å². The van der Waals surface area contributed by atoms with Crippen molar-refractivity contribution in [1.82, 2.24) is 19.0 Å². The molecule has 3 saturated heterocycles. The quantitative estimate of drug-likeness (QED) is 0.446. The van der Waals surface area contributed by atoms with Gasteiger partial charge in [0.25, 0.3) is 0 Å². The number of aryl methyl sites for hydroxylation is 1. The monoisotopic (exact) mass is 576 g/mol. The Hall–Kier alpha value is -0.980. The lowest BCUT2D eigenvalue weighted by molar-refractivity contribution is -0.138. The second-order valence-corrected chi connectivity index (χ2v) is 12.7. The van der Waals surface area contributed by atoms with E-state index in [1.807, 2.05) is 4.90 Å². The van der Waals surface area contributed by atoms with Gasteiger partial charge in [-0.15, -0.1) is 0 Å². The Labute approximate surface area is 230 Å². The topological polar surface area (TPSA) is 82.6 Å². The van der Waals surface area contributed by atoms with Crippen molar-refractivity contribution in [3.63, 3.8) is 0 Å².